The molecule has 0 spiro atoms. The van der Waals surface area contributed by atoms with Crippen LogP contribution < -0.4 is 5.32 Å². The van der Waals surface area contributed by atoms with Crippen LogP contribution in [0.4, 0.5) is 0 Å². The molecule has 0 radical (unpaired) electrons. The molecule has 3 rings (SSSR count). The van der Waals surface area contributed by atoms with E-state index in [2.05, 4.69) is 36.8 Å². The summed E-state index contributed by atoms with van der Waals surface area (Å²) in [5, 5.41) is 5.79. The Kier molecular flexibility index (Phi) is 2.68. The number of aryl methyl sites for hydroxylation is 1. The average Bonchev–Trinajstić information content (AvgIpc) is 2.85. The second kappa shape index (κ2) is 4.01. The molecule has 1 N–H and O–H groups in total. The molecule has 1 unspecified atom stereocenters. The molecule has 0 bridgehead atoms. The number of aromatic nitrogens is 1. The van der Waals surface area contributed by atoms with Gasteiger partial charge in [0.05, 0.1) is 10.5 Å². The minimum Gasteiger partial charge on any atom is -0.346 e. The topological polar surface area (TPSA) is 17.0 Å². The number of para-hydroxylation sites is 1. The summed E-state index contributed by atoms with van der Waals surface area (Å²) in [7, 11) is 2.10. The molecule has 96 valence electrons. The molecule has 0 amide bonds. The van der Waals surface area contributed by atoms with E-state index in [1.807, 2.05) is 12.1 Å². The van der Waals surface area contributed by atoms with Crippen molar-refractivity contribution in [3.05, 3.63) is 34.5 Å². The Balaban J connectivity index is 2.36. The van der Waals surface area contributed by atoms with Crippen LogP contribution in [0.2, 0.25) is 5.02 Å². The average molecular weight is 263 g/mol. The number of fused-ring (bicyclic) bond motifs is 1. The quantitative estimate of drug-likeness (QED) is 0.829. The largest absolute Gasteiger partial charge is 0.346 e. The molecule has 3 heteroatoms. The van der Waals surface area contributed by atoms with E-state index in [1.165, 1.54) is 29.5 Å². The molecule has 0 saturated carbocycles. The van der Waals surface area contributed by atoms with Crippen molar-refractivity contribution in [2.75, 3.05) is 6.54 Å². The third kappa shape index (κ3) is 1.52. The first-order chi connectivity index (χ1) is 8.54. The van der Waals surface area contributed by atoms with Gasteiger partial charge >= 0.3 is 0 Å². The number of rotatable bonds is 1. The zero-order chi connectivity index (χ0) is 12.9. The van der Waals surface area contributed by atoms with Crippen LogP contribution in [0.3, 0.4) is 0 Å². The van der Waals surface area contributed by atoms with Gasteiger partial charge in [-0.05, 0) is 39.3 Å². The van der Waals surface area contributed by atoms with E-state index >= 15 is 0 Å². The van der Waals surface area contributed by atoms with E-state index in [9.17, 15) is 0 Å². The molecule has 1 aromatic heterocycles. The van der Waals surface area contributed by atoms with Crippen molar-refractivity contribution >= 4 is 22.5 Å². The monoisotopic (exact) mass is 262 g/mol. The second-order valence-electron chi connectivity index (χ2n) is 5.52. The summed E-state index contributed by atoms with van der Waals surface area (Å²) in [6, 6.07) is 6.21. The molecule has 1 aliphatic rings. The first-order valence-corrected chi connectivity index (χ1v) is 6.91. The Hall–Kier alpha value is -0.990. The van der Waals surface area contributed by atoms with E-state index in [-0.39, 0.29) is 5.54 Å². The molecule has 1 aromatic carbocycles. The van der Waals surface area contributed by atoms with Crippen molar-refractivity contribution in [3.8, 4) is 0 Å². The fourth-order valence-electron chi connectivity index (χ4n) is 3.39. The first-order valence-electron chi connectivity index (χ1n) is 6.53. The minimum atomic E-state index is 0.0915. The Morgan fingerprint density at radius 3 is 2.83 bits per heavy atom. The summed E-state index contributed by atoms with van der Waals surface area (Å²) in [4.78, 5) is 0. The summed E-state index contributed by atoms with van der Waals surface area (Å²) >= 11 is 6.36. The molecule has 1 fully saturated rings. The molecule has 2 heterocycles. The van der Waals surface area contributed by atoms with Crippen molar-refractivity contribution in [1.29, 1.82) is 0 Å². The summed E-state index contributed by atoms with van der Waals surface area (Å²) < 4.78 is 2.22. The Bertz CT molecular complexity index is 606. The highest BCUT2D eigenvalue weighted by atomic mass is 35.5. The summed E-state index contributed by atoms with van der Waals surface area (Å²) in [5.74, 6) is 0. The lowest BCUT2D eigenvalue weighted by molar-refractivity contribution is 0.434. The van der Waals surface area contributed by atoms with Crippen LogP contribution in [-0.4, -0.2) is 11.1 Å². The van der Waals surface area contributed by atoms with Crippen LogP contribution in [-0.2, 0) is 12.6 Å². The van der Waals surface area contributed by atoms with Gasteiger partial charge in [-0.15, -0.1) is 0 Å². The molecule has 1 saturated heterocycles. The summed E-state index contributed by atoms with van der Waals surface area (Å²) in [6.07, 6.45) is 2.44. The van der Waals surface area contributed by atoms with Gasteiger partial charge in [0, 0.05) is 29.2 Å². The third-order valence-electron chi connectivity index (χ3n) is 4.38. The molecule has 1 atom stereocenters. The van der Waals surface area contributed by atoms with Crippen LogP contribution in [0.25, 0.3) is 10.9 Å². The lowest BCUT2D eigenvalue weighted by atomic mass is 9.88. The van der Waals surface area contributed by atoms with Crippen molar-refractivity contribution < 1.29 is 0 Å². The summed E-state index contributed by atoms with van der Waals surface area (Å²) in [5.41, 5.74) is 3.98. The minimum absolute atomic E-state index is 0.0915. The summed E-state index contributed by atoms with van der Waals surface area (Å²) in [6.45, 7) is 5.60. The lowest BCUT2D eigenvalue weighted by Crippen LogP contribution is -2.33. The standard InChI is InChI=1S/C15H19ClN2/c1-10-13(15(2)8-5-9-17-15)11-6-4-7-12(16)14(11)18(10)3/h4,6-7,17H,5,8-9H2,1-3H3. The molecule has 2 nitrogen and oxygen atoms in total. The van der Waals surface area contributed by atoms with Gasteiger partial charge in [0.25, 0.3) is 0 Å². The molecule has 1 aliphatic heterocycles. The van der Waals surface area contributed by atoms with E-state index < -0.39 is 0 Å². The molecule has 18 heavy (non-hydrogen) atoms. The van der Waals surface area contributed by atoms with Crippen LogP contribution in [0.5, 0.6) is 0 Å². The zero-order valence-electron chi connectivity index (χ0n) is 11.2. The van der Waals surface area contributed by atoms with Crippen LogP contribution >= 0.6 is 11.6 Å². The maximum Gasteiger partial charge on any atom is 0.0672 e. The predicted octanol–water partition coefficient (Wildman–Crippen LogP) is 3.74. The predicted molar refractivity (Wildman–Crippen MR) is 77.3 cm³/mol. The Morgan fingerprint density at radius 2 is 2.17 bits per heavy atom. The molecule has 0 aliphatic carbocycles. The van der Waals surface area contributed by atoms with Gasteiger partial charge in [-0.25, -0.2) is 0 Å². The normalized spacial score (nSPS) is 24.0. The van der Waals surface area contributed by atoms with Crippen LogP contribution in [0, 0.1) is 6.92 Å². The smallest absolute Gasteiger partial charge is 0.0672 e. The fraction of sp³-hybridized carbons (Fsp3) is 0.467. The maximum absolute atomic E-state index is 6.36. The van der Waals surface area contributed by atoms with Crippen LogP contribution in [0.15, 0.2) is 18.2 Å². The Morgan fingerprint density at radius 1 is 1.39 bits per heavy atom. The molecule has 2 aromatic rings. The van der Waals surface area contributed by atoms with Crippen molar-refractivity contribution in [1.82, 2.24) is 9.88 Å². The van der Waals surface area contributed by atoms with Gasteiger partial charge < -0.3 is 9.88 Å². The van der Waals surface area contributed by atoms with Crippen LogP contribution in [0.1, 0.15) is 31.0 Å². The Labute approximate surface area is 113 Å². The zero-order valence-corrected chi connectivity index (χ0v) is 11.9. The molecular formula is C15H19ClN2. The first kappa shape index (κ1) is 12.1. The number of benzene rings is 1. The highest BCUT2D eigenvalue weighted by Gasteiger charge is 2.34. The van der Waals surface area contributed by atoms with Gasteiger partial charge in [0.2, 0.25) is 0 Å². The van der Waals surface area contributed by atoms with E-state index in [0.29, 0.717) is 0 Å². The van der Waals surface area contributed by atoms with Gasteiger partial charge in [-0.2, -0.15) is 0 Å². The second-order valence-corrected chi connectivity index (χ2v) is 5.93. The van der Waals surface area contributed by atoms with E-state index in [1.54, 1.807) is 0 Å². The third-order valence-corrected chi connectivity index (χ3v) is 4.68. The van der Waals surface area contributed by atoms with Gasteiger partial charge in [0.15, 0.2) is 0 Å². The number of nitrogens with zero attached hydrogens (tertiary/aromatic N) is 1. The highest BCUT2D eigenvalue weighted by molar-refractivity contribution is 6.35. The van der Waals surface area contributed by atoms with E-state index in [0.717, 1.165) is 17.1 Å². The maximum atomic E-state index is 6.36. The van der Waals surface area contributed by atoms with Gasteiger partial charge in [0.1, 0.15) is 0 Å². The van der Waals surface area contributed by atoms with Crippen molar-refractivity contribution in [3.63, 3.8) is 0 Å². The number of hydrogen-bond acceptors (Lipinski definition) is 1. The van der Waals surface area contributed by atoms with E-state index in [4.69, 9.17) is 11.6 Å². The molecular weight excluding hydrogens is 244 g/mol. The van der Waals surface area contributed by atoms with Gasteiger partial charge in [-0.3, -0.25) is 0 Å². The lowest BCUT2D eigenvalue weighted by Gasteiger charge is -2.25. The SMILES string of the molecule is Cc1c(C2(C)CCCN2)c2cccc(Cl)c2n1C. The van der Waals surface area contributed by atoms with Crippen molar-refractivity contribution in [2.24, 2.45) is 7.05 Å². The number of halogens is 1. The number of hydrogen-bond donors (Lipinski definition) is 1. The number of nitrogens with one attached hydrogen (secondary N) is 1. The fourth-order valence-corrected chi connectivity index (χ4v) is 3.69. The van der Waals surface area contributed by atoms with Gasteiger partial charge in [-0.1, -0.05) is 23.7 Å². The highest BCUT2D eigenvalue weighted by Crippen LogP contribution is 2.40. The van der Waals surface area contributed by atoms with Crippen molar-refractivity contribution in [2.45, 2.75) is 32.2 Å².